The van der Waals surface area contributed by atoms with Crippen molar-refractivity contribution in [1.29, 1.82) is 5.26 Å². The van der Waals surface area contributed by atoms with Crippen LogP contribution in [-0.4, -0.2) is 90.5 Å². The molecule has 41 heavy (non-hydrogen) atoms. The molecule has 0 spiro atoms. The van der Waals surface area contributed by atoms with Crippen molar-refractivity contribution < 1.29 is 19.1 Å². The van der Waals surface area contributed by atoms with E-state index in [1.165, 1.54) is 11.1 Å². The highest BCUT2D eigenvalue weighted by Crippen LogP contribution is 2.30. The van der Waals surface area contributed by atoms with Gasteiger partial charge in [-0.05, 0) is 57.2 Å². The number of hydrogen-bond acceptors (Lipinski definition) is 9. The highest BCUT2D eigenvalue weighted by atomic mass is 16.5. The van der Waals surface area contributed by atoms with Gasteiger partial charge in [-0.15, -0.1) is 0 Å². The quantitative estimate of drug-likeness (QED) is 0.489. The standard InChI is InChI=1S/C29H36N8O4/c1-35-10-11-36(27(39)17-35)16-20-12-19-4-3-9-37(28(19)33-25(20)18-38)29(40)34-26-13-24(21(14-30)15-31-26)32-22-5-7-23(41-2)8-6-22/h12-13,15,18,22-23H,3-11,16-17H2,1-2H3,(H2,31,32,34,40)/t22-,23+. The van der Waals surface area contributed by atoms with Crippen LogP contribution < -0.4 is 15.5 Å². The first-order chi connectivity index (χ1) is 19.9. The van der Waals surface area contributed by atoms with E-state index in [4.69, 9.17) is 4.74 Å². The first kappa shape index (κ1) is 28.4. The molecule has 216 valence electrons. The average molecular weight is 561 g/mol. The summed E-state index contributed by atoms with van der Waals surface area (Å²) in [5.41, 5.74) is 2.80. The molecule has 0 aromatic carbocycles. The molecule has 2 aromatic heterocycles. The molecular weight excluding hydrogens is 524 g/mol. The summed E-state index contributed by atoms with van der Waals surface area (Å²) in [5.74, 6) is 0.766. The number of nitrogens with zero attached hydrogens (tertiary/aromatic N) is 6. The smallest absolute Gasteiger partial charge is 0.328 e. The summed E-state index contributed by atoms with van der Waals surface area (Å²) in [7, 11) is 3.64. The van der Waals surface area contributed by atoms with Crippen LogP contribution >= 0.6 is 0 Å². The first-order valence-corrected chi connectivity index (χ1v) is 14.1. The van der Waals surface area contributed by atoms with Crippen LogP contribution in [0, 0.1) is 11.3 Å². The number of ether oxygens (including phenoxy) is 1. The van der Waals surface area contributed by atoms with Gasteiger partial charge in [0.25, 0.3) is 0 Å². The number of pyridine rings is 2. The average Bonchev–Trinajstić information content (AvgIpc) is 2.98. The Bertz CT molecular complexity index is 1350. The van der Waals surface area contributed by atoms with Gasteiger partial charge in [-0.25, -0.2) is 14.8 Å². The summed E-state index contributed by atoms with van der Waals surface area (Å²) in [5, 5.41) is 15.9. The van der Waals surface area contributed by atoms with Gasteiger partial charge in [-0.2, -0.15) is 5.26 Å². The van der Waals surface area contributed by atoms with Gasteiger partial charge < -0.3 is 15.0 Å². The number of hydrogen-bond donors (Lipinski definition) is 2. The maximum absolute atomic E-state index is 13.4. The number of carbonyl (C=O) groups excluding carboxylic acids is 3. The molecule has 5 rings (SSSR count). The molecule has 2 aliphatic heterocycles. The van der Waals surface area contributed by atoms with Crippen molar-refractivity contribution in [2.24, 2.45) is 0 Å². The molecule has 3 amide bonds. The fourth-order valence-corrected chi connectivity index (χ4v) is 5.76. The van der Waals surface area contributed by atoms with Crippen LogP contribution in [0.25, 0.3) is 0 Å². The molecule has 12 nitrogen and oxygen atoms in total. The molecule has 3 aliphatic rings. The minimum Gasteiger partial charge on any atom is -0.381 e. The number of aryl methyl sites for hydroxylation is 1. The Labute approximate surface area is 239 Å². The van der Waals surface area contributed by atoms with Crippen LogP contribution in [0.2, 0.25) is 0 Å². The summed E-state index contributed by atoms with van der Waals surface area (Å²) in [6, 6.07) is 5.54. The number of aromatic nitrogens is 2. The molecule has 1 saturated heterocycles. The Kier molecular flexibility index (Phi) is 8.75. The van der Waals surface area contributed by atoms with Crippen molar-refractivity contribution in [3.8, 4) is 6.07 Å². The lowest BCUT2D eigenvalue weighted by Gasteiger charge is -2.33. The van der Waals surface area contributed by atoms with Crippen molar-refractivity contribution in [3.05, 3.63) is 40.7 Å². The molecular formula is C29H36N8O4. The van der Waals surface area contributed by atoms with Crippen molar-refractivity contribution in [2.75, 3.05) is 55.9 Å². The Morgan fingerprint density at radius 3 is 2.73 bits per heavy atom. The van der Waals surface area contributed by atoms with Crippen molar-refractivity contribution in [3.63, 3.8) is 0 Å². The van der Waals surface area contributed by atoms with E-state index < -0.39 is 6.03 Å². The molecule has 0 unspecified atom stereocenters. The van der Waals surface area contributed by atoms with E-state index in [0.29, 0.717) is 67.3 Å². The minimum absolute atomic E-state index is 0.0146. The van der Waals surface area contributed by atoms with Crippen LogP contribution in [0.3, 0.4) is 0 Å². The maximum atomic E-state index is 13.4. The third kappa shape index (κ3) is 6.47. The summed E-state index contributed by atoms with van der Waals surface area (Å²) in [6.07, 6.45) is 7.59. The molecule has 2 aromatic rings. The fraction of sp³-hybridized carbons (Fsp3) is 0.517. The highest BCUT2D eigenvalue weighted by molar-refractivity contribution is 6.02. The lowest BCUT2D eigenvalue weighted by molar-refractivity contribution is -0.136. The number of amides is 3. The van der Waals surface area contributed by atoms with Gasteiger partial charge in [-0.3, -0.25) is 24.7 Å². The monoisotopic (exact) mass is 560 g/mol. The van der Waals surface area contributed by atoms with Crippen LogP contribution in [0.4, 0.5) is 22.1 Å². The topological polar surface area (TPSA) is 144 Å². The number of urea groups is 1. The minimum atomic E-state index is -0.416. The Balaban J connectivity index is 1.31. The number of likely N-dealkylation sites (N-methyl/N-ethyl adjacent to an activating group) is 1. The molecule has 1 aliphatic carbocycles. The first-order valence-electron chi connectivity index (χ1n) is 14.1. The number of rotatable bonds is 7. The lowest BCUT2D eigenvalue weighted by Crippen LogP contribution is -2.48. The number of nitriles is 1. The van der Waals surface area contributed by atoms with Crippen molar-refractivity contribution >= 4 is 35.5 Å². The van der Waals surface area contributed by atoms with E-state index in [-0.39, 0.29) is 23.7 Å². The van der Waals surface area contributed by atoms with Gasteiger partial charge in [0.1, 0.15) is 23.4 Å². The zero-order valence-corrected chi connectivity index (χ0v) is 23.6. The molecule has 0 bridgehead atoms. The Morgan fingerprint density at radius 2 is 2.02 bits per heavy atom. The molecule has 4 heterocycles. The van der Waals surface area contributed by atoms with E-state index in [0.717, 1.165) is 44.2 Å². The van der Waals surface area contributed by atoms with E-state index in [1.54, 1.807) is 18.1 Å². The van der Waals surface area contributed by atoms with Gasteiger partial charge in [0.05, 0.1) is 23.9 Å². The number of fused-ring (bicyclic) bond motifs is 1. The van der Waals surface area contributed by atoms with Crippen molar-refractivity contribution in [2.45, 2.75) is 57.2 Å². The third-order valence-corrected chi connectivity index (χ3v) is 8.13. The van der Waals surface area contributed by atoms with E-state index in [9.17, 15) is 19.6 Å². The van der Waals surface area contributed by atoms with Gasteiger partial charge in [0, 0.05) is 57.2 Å². The number of piperazine rings is 1. The number of nitrogens with one attached hydrogen (secondary N) is 2. The van der Waals surface area contributed by atoms with Crippen LogP contribution in [0.1, 0.15) is 59.3 Å². The Hall–Kier alpha value is -4.08. The largest absolute Gasteiger partial charge is 0.381 e. The van der Waals surface area contributed by atoms with Gasteiger partial charge >= 0.3 is 6.03 Å². The van der Waals surface area contributed by atoms with Gasteiger partial charge in [0.15, 0.2) is 6.29 Å². The summed E-state index contributed by atoms with van der Waals surface area (Å²) in [6.45, 7) is 2.44. The normalized spacial score (nSPS) is 21.1. The zero-order valence-electron chi connectivity index (χ0n) is 23.6. The molecule has 12 heteroatoms. The van der Waals surface area contributed by atoms with Gasteiger partial charge in [-0.1, -0.05) is 0 Å². The highest BCUT2D eigenvalue weighted by Gasteiger charge is 2.28. The predicted molar refractivity (Wildman–Crippen MR) is 153 cm³/mol. The number of methoxy groups -OCH3 is 1. The lowest BCUT2D eigenvalue weighted by atomic mass is 9.92. The van der Waals surface area contributed by atoms with Crippen LogP contribution in [0.15, 0.2) is 18.3 Å². The number of anilines is 3. The fourth-order valence-electron chi connectivity index (χ4n) is 5.76. The second-order valence-electron chi connectivity index (χ2n) is 11.0. The summed E-state index contributed by atoms with van der Waals surface area (Å²) < 4.78 is 5.46. The maximum Gasteiger partial charge on any atom is 0.328 e. The third-order valence-electron chi connectivity index (χ3n) is 8.13. The van der Waals surface area contributed by atoms with E-state index in [1.807, 2.05) is 18.0 Å². The molecule has 0 atom stereocenters. The zero-order chi connectivity index (χ0) is 28.9. The summed E-state index contributed by atoms with van der Waals surface area (Å²) in [4.78, 5) is 52.0. The van der Waals surface area contributed by atoms with Crippen LogP contribution in [0.5, 0.6) is 0 Å². The number of aldehydes is 1. The second-order valence-corrected chi connectivity index (χ2v) is 11.0. The Morgan fingerprint density at radius 1 is 1.22 bits per heavy atom. The molecule has 2 N–H and O–H groups in total. The molecule has 1 saturated carbocycles. The van der Waals surface area contributed by atoms with Crippen molar-refractivity contribution in [1.82, 2.24) is 19.8 Å². The molecule has 2 fully saturated rings. The van der Waals surface area contributed by atoms with Crippen LogP contribution in [-0.2, 0) is 22.5 Å². The van der Waals surface area contributed by atoms with Gasteiger partial charge in [0.2, 0.25) is 5.91 Å². The summed E-state index contributed by atoms with van der Waals surface area (Å²) >= 11 is 0. The second kappa shape index (κ2) is 12.6. The van der Waals surface area contributed by atoms with E-state index >= 15 is 0 Å². The molecule has 0 radical (unpaired) electrons. The van der Waals surface area contributed by atoms with E-state index in [2.05, 4.69) is 26.7 Å². The number of carbonyl (C=O) groups is 3. The predicted octanol–water partition coefficient (Wildman–Crippen LogP) is 2.79. The SMILES string of the molecule is CO[C@H]1CC[C@@H](Nc2cc(NC(=O)N3CCCc4cc(CN5CCN(C)CC5=O)c(C=O)nc43)ncc2C#N)CC1.